The van der Waals surface area contributed by atoms with Crippen LogP contribution in [0.3, 0.4) is 0 Å². The number of ether oxygens (including phenoxy) is 1. The van der Waals surface area contributed by atoms with Crippen LogP contribution in [-0.4, -0.2) is 18.1 Å². The lowest BCUT2D eigenvalue weighted by molar-refractivity contribution is 0.455. The Hall–Kier alpha value is -2.05. The normalized spacial score (nSPS) is 11.5. The molecule has 2 aromatic rings. The minimum absolute atomic E-state index is 0.175. The fraction of sp³-hybridized carbons (Fsp3) is 0.455. The number of aromatic hydroxyl groups is 1. The van der Waals surface area contributed by atoms with Gasteiger partial charge in [-0.2, -0.15) is 8.42 Å². The van der Waals surface area contributed by atoms with Gasteiger partial charge in [0.25, 0.3) is 10.1 Å². The quantitative estimate of drug-likeness (QED) is 0.328. The van der Waals surface area contributed by atoms with Crippen molar-refractivity contribution in [3.63, 3.8) is 0 Å². The van der Waals surface area contributed by atoms with E-state index in [1.165, 1.54) is 56.7 Å². The van der Waals surface area contributed by atoms with Gasteiger partial charge in [-0.3, -0.25) is 4.55 Å². The molecule has 6 heteroatoms. The average molecular weight is 407 g/mol. The molecule has 0 aliphatic rings. The van der Waals surface area contributed by atoms with E-state index in [-0.39, 0.29) is 10.6 Å². The number of aryl methyl sites for hydroxylation is 1. The highest BCUT2D eigenvalue weighted by Crippen LogP contribution is 2.30. The smallest absolute Gasteiger partial charge is 0.294 e. The highest BCUT2D eigenvalue weighted by Gasteiger charge is 2.12. The van der Waals surface area contributed by atoms with Crippen LogP contribution in [-0.2, 0) is 16.5 Å². The molecule has 0 aromatic heterocycles. The highest BCUT2D eigenvalue weighted by molar-refractivity contribution is 7.85. The maximum atomic E-state index is 11.3. The van der Waals surface area contributed by atoms with Crippen LogP contribution in [0.25, 0.3) is 0 Å². The minimum Gasteiger partial charge on any atom is -0.508 e. The van der Waals surface area contributed by atoms with Crippen molar-refractivity contribution in [1.82, 2.24) is 0 Å². The van der Waals surface area contributed by atoms with Crippen molar-refractivity contribution in [3.8, 4) is 17.2 Å². The zero-order chi connectivity index (χ0) is 20.4. The Morgan fingerprint density at radius 3 is 2.25 bits per heavy atom. The number of benzene rings is 2. The second-order valence-corrected chi connectivity index (χ2v) is 8.49. The first-order valence-electron chi connectivity index (χ1n) is 9.97. The van der Waals surface area contributed by atoms with Gasteiger partial charge >= 0.3 is 0 Å². The monoisotopic (exact) mass is 406 g/mol. The van der Waals surface area contributed by atoms with Crippen LogP contribution >= 0.6 is 0 Å². The molecule has 5 nitrogen and oxygen atoms in total. The second kappa shape index (κ2) is 11.1. The Kier molecular flexibility index (Phi) is 8.80. The van der Waals surface area contributed by atoms with Gasteiger partial charge in [-0.05, 0) is 48.7 Å². The first-order chi connectivity index (χ1) is 13.4. The van der Waals surface area contributed by atoms with E-state index in [0.29, 0.717) is 11.5 Å². The molecular formula is C22H30O5S. The summed E-state index contributed by atoms with van der Waals surface area (Å²) in [5, 5.41) is 9.81. The number of unbranched alkanes of at least 4 members (excludes halogenated alkanes) is 7. The van der Waals surface area contributed by atoms with E-state index in [9.17, 15) is 18.1 Å². The Labute approximate surface area is 168 Å². The number of phenolic OH excluding ortho intramolecular Hbond substituents is 1. The third kappa shape index (κ3) is 7.52. The third-order valence-electron chi connectivity index (χ3n) is 4.67. The van der Waals surface area contributed by atoms with E-state index in [4.69, 9.17) is 4.74 Å². The molecule has 0 unspecified atom stereocenters. The summed E-state index contributed by atoms with van der Waals surface area (Å²) in [6.07, 6.45) is 10.5. The Morgan fingerprint density at radius 2 is 1.57 bits per heavy atom. The molecule has 154 valence electrons. The lowest BCUT2D eigenvalue weighted by atomic mass is 10.0. The van der Waals surface area contributed by atoms with E-state index in [1.54, 1.807) is 24.3 Å². The molecule has 0 radical (unpaired) electrons. The molecule has 0 fully saturated rings. The summed E-state index contributed by atoms with van der Waals surface area (Å²) in [6.45, 7) is 2.22. The Morgan fingerprint density at radius 1 is 0.893 bits per heavy atom. The number of hydrogen-bond acceptors (Lipinski definition) is 4. The van der Waals surface area contributed by atoms with Crippen LogP contribution < -0.4 is 4.74 Å². The lowest BCUT2D eigenvalue weighted by Crippen LogP contribution is -1.98. The topological polar surface area (TPSA) is 83.8 Å². The molecule has 0 aliphatic heterocycles. The lowest BCUT2D eigenvalue weighted by Gasteiger charge is -2.12. The van der Waals surface area contributed by atoms with Crippen molar-refractivity contribution < 1.29 is 22.8 Å². The van der Waals surface area contributed by atoms with Crippen molar-refractivity contribution in [3.05, 3.63) is 48.0 Å². The van der Waals surface area contributed by atoms with Gasteiger partial charge in [0, 0.05) is 6.07 Å². The van der Waals surface area contributed by atoms with E-state index < -0.39 is 10.1 Å². The minimum atomic E-state index is -4.28. The Balaban J connectivity index is 1.95. The molecule has 0 heterocycles. The van der Waals surface area contributed by atoms with Crippen LogP contribution in [0.4, 0.5) is 0 Å². The van der Waals surface area contributed by atoms with Crippen LogP contribution in [0, 0.1) is 0 Å². The van der Waals surface area contributed by atoms with Gasteiger partial charge in [-0.25, -0.2) is 0 Å². The largest absolute Gasteiger partial charge is 0.508 e. The van der Waals surface area contributed by atoms with Gasteiger partial charge in [-0.15, -0.1) is 0 Å². The van der Waals surface area contributed by atoms with Gasteiger partial charge in [0.15, 0.2) is 0 Å². The van der Waals surface area contributed by atoms with Crippen LogP contribution in [0.5, 0.6) is 17.2 Å². The summed E-state index contributed by atoms with van der Waals surface area (Å²) in [6, 6.07) is 10.6. The maximum Gasteiger partial charge on any atom is 0.294 e. The maximum absolute atomic E-state index is 11.3. The average Bonchev–Trinajstić information content (AvgIpc) is 2.65. The summed E-state index contributed by atoms with van der Waals surface area (Å²) < 4.78 is 37.6. The molecule has 0 atom stereocenters. The molecule has 0 aliphatic carbocycles. The van der Waals surface area contributed by atoms with Gasteiger partial charge in [-0.1, -0.05) is 57.9 Å². The molecule has 0 spiro atoms. The van der Waals surface area contributed by atoms with Gasteiger partial charge in [0.05, 0.1) is 4.90 Å². The number of phenols is 1. The van der Waals surface area contributed by atoms with Crippen molar-refractivity contribution in [1.29, 1.82) is 0 Å². The molecular weight excluding hydrogens is 376 g/mol. The molecule has 28 heavy (non-hydrogen) atoms. The summed E-state index contributed by atoms with van der Waals surface area (Å²) in [5.41, 5.74) is 0.878. The van der Waals surface area contributed by atoms with E-state index in [2.05, 4.69) is 6.92 Å². The van der Waals surface area contributed by atoms with Gasteiger partial charge in [0.1, 0.15) is 17.2 Å². The molecule has 2 N–H and O–H groups in total. The van der Waals surface area contributed by atoms with Crippen LogP contribution in [0.15, 0.2) is 47.4 Å². The molecule has 0 bridgehead atoms. The van der Waals surface area contributed by atoms with Crippen LogP contribution in [0.1, 0.15) is 63.9 Å². The van der Waals surface area contributed by atoms with E-state index in [0.717, 1.165) is 24.8 Å². The zero-order valence-corrected chi connectivity index (χ0v) is 17.2. The molecule has 0 amide bonds. The predicted octanol–water partition coefficient (Wildman–Crippen LogP) is 6.11. The van der Waals surface area contributed by atoms with Crippen LogP contribution in [0.2, 0.25) is 0 Å². The highest BCUT2D eigenvalue weighted by atomic mass is 32.2. The second-order valence-electron chi connectivity index (χ2n) is 7.07. The summed E-state index contributed by atoms with van der Waals surface area (Å²) >= 11 is 0. The first kappa shape index (κ1) is 22.2. The fourth-order valence-corrected chi connectivity index (χ4v) is 3.65. The standard InChI is InChI=1S/C22H30O5S/c1-2-3-4-5-6-7-8-9-11-18-16-19(23)14-15-22(18)27-20-12-10-13-21(17-20)28(24,25)26/h10,12-17,23H,2-9,11H2,1H3,(H,24,25,26). The van der Waals surface area contributed by atoms with Crippen molar-refractivity contribution in [2.75, 3.05) is 0 Å². The summed E-state index contributed by atoms with van der Waals surface area (Å²) in [4.78, 5) is -0.214. The van der Waals surface area contributed by atoms with E-state index in [1.807, 2.05) is 0 Å². The molecule has 2 aromatic carbocycles. The van der Waals surface area contributed by atoms with Crippen molar-refractivity contribution in [2.45, 2.75) is 69.6 Å². The van der Waals surface area contributed by atoms with E-state index >= 15 is 0 Å². The Bertz CT molecular complexity index is 846. The third-order valence-corrected chi connectivity index (χ3v) is 5.52. The molecule has 0 saturated carbocycles. The van der Waals surface area contributed by atoms with Crippen molar-refractivity contribution in [2.24, 2.45) is 0 Å². The zero-order valence-electron chi connectivity index (χ0n) is 16.4. The summed E-state index contributed by atoms with van der Waals surface area (Å²) in [5.74, 6) is 1.07. The number of hydrogen-bond donors (Lipinski definition) is 2. The summed E-state index contributed by atoms with van der Waals surface area (Å²) in [7, 11) is -4.28. The van der Waals surface area contributed by atoms with Gasteiger partial charge in [0.2, 0.25) is 0 Å². The van der Waals surface area contributed by atoms with Crippen molar-refractivity contribution >= 4 is 10.1 Å². The molecule has 2 rings (SSSR count). The SMILES string of the molecule is CCCCCCCCCCc1cc(O)ccc1Oc1cccc(S(=O)(=O)O)c1. The predicted molar refractivity (Wildman–Crippen MR) is 111 cm³/mol. The van der Waals surface area contributed by atoms with Gasteiger partial charge < -0.3 is 9.84 Å². The molecule has 0 saturated heterocycles. The fourth-order valence-electron chi connectivity index (χ4n) is 3.14. The first-order valence-corrected chi connectivity index (χ1v) is 11.4. The number of rotatable bonds is 12.